The van der Waals surface area contributed by atoms with Crippen LogP contribution in [-0.2, 0) is 13.1 Å². The van der Waals surface area contributed by atoms with Crippen LogP contribution < -0.4 is 10.6 Å². The SMILES string of the molecule is CCNC(=NCc1nc(C)c(C)o1)NCCn1cccn1.I. The van der Waals surface area contributed by atoms with Crippen molar-refractivity contribution in [2.24, 2.45) is 4.99 Å². The molecule has 0 aliphatic rings. The second-order valence-corrected chi connectivity index (χ2v) is 4.64. The van der Waals surface area contributed by atoms with Crippen LogP contribution in [0, 0.1) is 13.8 Å². The van der Waals surface area contributed by atoms with Crippen molar-refractivity contribution >= 4 is 29.9 Å². The number of rotatable bonds is 6. The number of oxazole rings is 1. The van der Waals surface area contributed by atoms with Crippen molar-refractivity contribution in [3.05, 3.63) is 35.8 Å². The minimum atomic E-state index is 0. The van der Waals surface area contributed by atoms with Gasteiger partial charge in [-0.1, -0.05) is 0 Å². The van der Waals surface area contributed by atoms with Crippen LogP contribution in [0.5, 0.6) is 0 Å². The molecule has 0 aromatic carbocycles. The molecule has 2 heterocycles. The molecule has 8 heteroatoms. The Bertz CT molecular complexity index is 559. The topological polar surface area (TPSA) is 80.3 Å². The number of hydrogen-bond donors (Lipinski definition) is 2. The van der Waals surface area contributed by atoms with E-state index in [9.17, 15) is 0 Å². The highest BCUT2D eigenvalue weighted by molar-refractivity contribution is 14.0. The van der Waals surface area contributed by atoms with Crippen molar-refractivity contribution in [2.45, 2.75) is 33.9 Å². The fourth-order valence-corrected chi connectivity index (χ4v) is 1.82. The summed E-state index contributed by atoms with van der Waals surface area (Å²) in [4.78, 5) is 8.79. The fourth-order valence-electron chi connectivity index (χ4n) is 1.82. The molecule has 0 aliphatic heterocycles. The van der Waals surface area contributed by atoms with E-state index in [1.54, 1.807) is 6.20 Å². The van der Waals surface area contributed by atoms with Gasteiger partial charge in [0.25, 0.3) is 0 Å². The van der Waals surface area contributed by atoms with Gasteiger partial charge in [-0.05, 0) is 26.8 Å². The molecule has 7 nitrogen and oxygen atoms in total. The Labute approximate surface area is 147 Å². The first-order valence-electron chi connectivity index (χ1n) is 7.11. The van der Waals surface area contributed by atoms with E-state index in [0.29, 0.717) is 12.4 Å². The molecule has 0 aliphatic carbocycles. The molecule has 2 aromatic rings. The molecule has 0 spiro atoms. The van der Waals surface area contributed by atoms with E-state index in [2.05, 4.69) is 25.7 Å². The lowest BCUT2D eigenvalue weighted by Crippen LogP contribution is -2.38. The molecule has 0 radical (unpaired) electrons. The summed E-state index contributed by atoms with van der Waals surface area (Å²) in [5.74, 6) is 2.23. The average Bonchev–Trinajstić information content (AvgIpc) is 3.07. The minimum absolute atomic E-state index is 0. The number of aromatic nitrogens is 3. The first-order valence-corrected chi connectivity index (χ1v) is 7.11. The Morgan fingerprint density at radius 3 is 2.77 bits per heavy atom. The number of halogens is 1. The van der Waals surface area contributed by atoms with Gasteiger partial charge < -0.3 is 15.1 Å². The van der Waals surface area contributed by atoms with Gasteiger partial charge in [0.2, 0.25) is 5.89 Å². The zero-order chi connectivity index (χ0) is 15.1. The Kier molecular flexibility index (Phi) is 7.92. The summed E-state index contributed by atoms with van der Waals surface area (Å²) in [6.45, 7) is 8.63. The molecule has 0 saturated carbocycles. The normalized spacial score (nSPS) is 11.1. The summed E-state index contributed by atoms with van der Waals surface area (Å²) >= 11 is 0. The smallest absolute Gasteiger partial charge is 0.216 e. The molecule has 0 unspecified atom stereocenters. The summed E-state index contributed by atoms with van der Waals surface area (Å²) in [5.41, 5.74) is 0.914. The maximum atomic E-state index is 5.52. The van der Waals surface area contributed by atoms with Crippen LogP contribution in [0.1, 0.15) is 24.3 Å². The lowest BCUT2D eigenvalue weighted by Gasteiger charge is -2.10. The average molecular weight is 418 g/mol. The van der Waals surface area contributed by atoms with Gasteiger partial charge in [0, 0.05) is 25.5 Å². The van der Waals surface area contributed by atoms with Gasteiger partial charge in [-0.25, -0.2) is 9.98 Å². The molecule has 22 heavy (non-hydrogen) atoms. The second-order valence-electron chi connectivity index (χ2n) is 4.64. The van der Waals surface area contributed by atoms with Crippen molar-refractivity contribution in [1.29, 1.82) is 0 Å². The molecular weight excluding hydrogens is 395 g/mol. The lowest BCUT2D eigenvalue weighted by molar-refractivity contribution is 0.472. The summed E-state index contributed by atoms with van der Waals surface area (Å²) in [6.07, 6.45) is 3.70. The number of aryl methyl sites for hydroxylation is 2. The van der Waals surface area contributed by atoms with Crippen molar-refractivity contribution in [3.63, 3.8) is 0 Å². The maximum absolute atomic E-state index is 5.52. The molecule has 0 fully saturated rings. The second kappa shape index (κ2) is 9.44. The largest absolute Gasteiger partial charge is 0.444 e. The minimum Gasteiger partial charge on any atom is -0.444 e. The fraction of sp³-hybridized carbons (Fsp3) is 0.500. The molecular formula is C14H23IN6O. The van der Waals surface area contributed by atoms with Gasteiger partial charge in [0.1, 0.15) is 12.3 Å². The number of guanidine groups is 1. The highest BCUT2D eigenvalue weighted by Gasteiger charge is 2.05. The van der Waals surface area contributed by atoms with Gasteiger partial charge in [-0.2, -0.15) is 5.10 Å². The molecule has 122 valence electrons. The van der Waals surface area contributed by atoms with Crippen LogP contribution in [0.3, 0.4) is 0 Å². The molecule has 0 saturated heterocycles. The number of aliphatic imine (C=N–C) groups is 1. The summed E-state index contributed by atoms with van der Waals surface area (Å²) in [6, 6.07) is 1.91. The molecule has 2 rings (SSSR count). The van der Waals surface area contributed by atoms with Gasteiger partial charge in [0.05, 0.1) is 12.2 Å². The van der Waals surface area contributed by atoms with Crippen molar-refractivity contribution in [3.8, 4) is 0 Å². The third-order valence-electron chi connectivity index (χ3n) is 2.98. The van der Waals surface area contributed by atoms with E-state index in [4.69, 9.17) is 4.42 Å². The van der Waals surface area contributed by atoms with Crippen LogP contribution in [0.15, 0.2) is 27.9 Å². The lowest BCUT2D eigenvalue weighted by atomic mass is 10.4. The zero-order valence-corrected chi connectivity index (χ0v) is 15.5. The molecule has 0 amide bonds. The van der Waals surface area contributed by atoms with Crippen LogP contribution in [0.25, 0.3) is 0 Å². The Balaban J connectivity index is 0.00000242. The quantitative estimate of drug-likeness (QED) is 0.425. The Morgan fingerprint density at radius 1 is 1.36 bits per heavy atom. The first kappa shape index (κ1) is 18.5. The zero-order valence-electron chi connectivity index (χ0n) is 13.2. The van der Waals surface area contributed by atoms with Crippen molar-refractivity contribution in [2.75, 3.05) is 13.1 Å². The number of nitrogens with zero attached hydrogens (tertiary/aromatic N) is 4. The maximum Gasteiger partial charge on any atom is 0.216 e. The standard InChI is InChI=1S/C14H22N6O.HI/c1-4-15-14(16-7-9-20-8-5-6-18-20)17-10-13-19-11(2)12(3)21-13;/h5-6,8H,4,7,9-10H2,1-3H3,(H2,15,16,17);1H. The van der Waals surface area contributed by atoms with Crippen LogP contribution in [0.2, 0.25) is 0 Å². The molecule has 2 N–H and O–H groups in total. The van der Waals surface area contributed by atoms with Crippen LogP contribution >= 0.6 is 24.0 Å². The summed E-state index contributed by atoms with van der Waals surface area (Å²) < 4.78 is 7.39. The highest BCUT2D eigenvalue weighted by Crippen LogP contribution is 2.08. The van der Waals surface area contributed by atoms with E-state index < -0.39 is 0 Å². The molecule has 0 bridgehead atoms. The van der Waals surface area contributed by atoms with Crippen LogP contribution in [0.4, 0.5) is 0 Å². The van der Waals surface area contributed by atoms with E-state index in [-0.39, 0.29) is 24.0 Å². The van der Waals surface area contributed by atoms with Crippen molar-refractivity contribution < 1.29 is 4.42 Å². The van der Waals surface area contributed by atoms with E-state index in [1.165, 1.54) is 0 Å². The number of nitrogens with one attached hydrogen (secondary N) is 2. The Hall–Kier alpha value is -1.58. The van der Waals surface area contributed by atoms with Gasteiger partial charge in [0.15, 0.2) is 5.96 Å². The van der Waals surface area contributed by atoms with Gasteiger partial charge in [-0.3, -0.25) is 4.68 Å². The molecule has 2 aromatic heterocycles. The summed E-state index contributed by atoms with van der Waals surface area (Å²) in [7, 11) is 0. The number of hydrogen-bond acceptors (Lipinski definition) is 4. The van der Waals surface area contributed by atoms with E-state index >= 15 is 0 Å². The predicted molar refractivity (Wildman–Crippen MR) is 96.4 cm³/mol. The van der Waals surface area contributed by atoms with Crippen LogP contribution in [-0.4, -0.2) is 33.8 Å². The van der Waals surface area contributed by atoms with Gasteiger partial charge in [-0.15, -0.1) is 24.0 Å². The van der Waals surface area contributed by atoms with Crippen molar-refractivity contribution in [1.82, 2.24) is 25.4 Å². The monoisotopic (exact) mass is 418 g/mol. The third kappa shape index (κ3) is 5.66. The third-order valence-corrected chi connectivity index (χ3v) is 2.98. The van der Waals surface area contributed by atoms with E-state index in [0.717, 1.165) is 37.0 Å². The Morgan fingerprint density at radius 2 is 2.18 bits per heavy atom. The van der Waals surface area contributed by atoms with E-state index in [1.807, 2.05) is 37.7 Å². The van der Waals surface area contributed by atoms with Gasteiger partial charge >= 0.3 is 0 Å². The molecule has 0 atom stereocenters. The first-order chi connectivity index (χ1) is 10.2. The predicted octanol–water partition coefficient (Wildman–Crippen LogP) is 1.86. The highest BCUT2D eigenvalue weighted by atomic mass is 127. The summed E-state index contributed by atoms with van der Waals surface area (Å²) in [5, 5.41) is 10.6.